The van der Waals surface area contributed by atoms with Gasteiger partial charge in [0, 0.05) is 44.8 Å². The van der Waals surface area contributed by atoms with Crippen LogP contribution in [0.5, 0.6) is 0 Å². The van der Waals surface area contributed by atoms with Crippen molar-refractivity contribution < 1.29 is 9.53 Å². The number of rotatable bonds is 7. The van der Waals surface area contributed by atoms with Gasteiger partial charge in [0.2, 0.25) is 0 Å². The molecule has 0 unspecified atom stereocenters. The van der Waals surface area contributed by atoms with Crippen LogP contribution in [0, 0.1) is 13.8 Å². The molecule has 0 radical (unpaired) electrons. The smallest absolute Gasteiger partial charge is 0.150 e. The molecule has 0 spiro atoms. The Kier molecular flexibility index (Phi) is 8.70. The number of aldehydes is 1. The molecule has 4 nitrogen and oxygen atoms in total. The first-order valence-electron chi connectivity index (χ1n) is 12.8. The lowest BCUT2D eigenvalue weighted by molar-refractivity contribution is -0.103. The van der Waals surface area contributed by atoms with E-state index in [2.05, 4.69) is 0 Å². The lowest BCUT2D eigenvalue weighted by Crippen LogP contribution is -2.19. The monoisotopic (exact) mass is 558 g/mol. The number of halogens is 2. The van der Waals surface area contributed by atoms with Gasteiger partial charge in [0.25, 0.3) is 0 Å². The normalized spacial score (nSPS) is 12.1. The minimum atomic E-state index is -0.224. The van der Waals surface area contributed by atoms with Crippen LogP contribution in [0.15, 0.2) is 66.7 Å². The average molecular weight is 560 g/mol. The van der Waals surface area contributed by atoms with Crippen LogP contribution in [0.3, 0.4) is 0 Å². The lowest BCUT2D eigenvalue weighted by atomic mass is 9.97. The second-order valence-electron chi connectivity index (χ2n) is 10.4. The van der Waals surface area contributed by atoms with Crippen LogP contribution in [-0.4, -0.2) is 21.9 Å². The van der Waals surface area contributed by atoms with Crippen molar-refractivity contribution in [3.8, 4) is 33.6 Å². The van der Waals surface area contributed by atoms with Crippen LogP contribution in [0.25, 0.3) is 39.2 Å². The lowest BCUT2D eigenvalue weighted by Gasteiger charge is -2.20. The number of ether oxygens (including phenoxy) is 1. The molecule has 0 saturated heterocycles. The van der Waals surface area contributed by atoms with Gasteiger partial charge in [0.1, 0.15) is 6.29 Å². The highest BCUT2D eigenvalue weighted by Crippen LogP contribution is 2.42. The minimum absolute atomic E-state index is 0.224. The molecule has 2 aromatic heterocycles. The van der Waals surface area contributed by atoms with Gasteiger partial charge in [0.05, 0.1) is 33.6 Å². The standard InChI is InChI=1S/C33H32Cl2N2O2/c1-7-22(18-38)24-15-17-30(37-21(24)3)28-13-9-11-26(32(28)35)25-10-8-12-27(31(25)34)29-16-14-23(20(2)36-29)19-39-33(4,5)6/h7-18H,19H2,1-6H3/b22-7-. The molecule has 2 heterocycles. The predicted octanol–water partition coefficient (Wildman–Crippen LogP) is 9.32. The Morgan fingerprint density at radius 2 is 1.31 bits per heavy atom. The molecule has 0 aliphatic heterocycles. The van der Waals surface area contributed by atoms with E-state index in [0.29, 0.717) is 22.2 Å². The van der Waals surface area contributed by atoms with Gasteiger partial charge in [-0.15, -0.1) is 0 Å². The van der Waals surface area contributed by atoms with Crippen LogP contribution in [0.1, 0.15) is 50.2 Å². The molecule has 0 saturated carbocycles. The summed E-state index contributed by atoms with van der Waals surface area (Å²) in [6.07, 6.45) is 2.62. The number of allylic oxidation sites excluding steroid dienone is 2. The van der Waals surface area contributed by atoms with Crippen LogP contribution in [0.4, 0.5) is 0 Å². The van der Waals surface area contributed by atoms with E-state index in [4.69, 9.17) is 37.9 Å². The highest BCUT2D eigenvalue weighted by molar-refractivity contribution is 6.39. The fourth-order valence-corrected chi connectivity index (χ4v) is 5.01. The first kappa shape index (κ1) is 28.7. The Labute approximate surface area is 240 Å². The van der Waals surface area contributed by atoms with Crippen molar-refractivity contribution in [3.05, 3.63) is 99.3 Å². The molecule has 0 bridgehead atoms. The van der Waals surface area contributed by atoms with E-state index in [1.165, 1.54) is 0 Å². The number of carbonyl (C=O) groups excluding carboxylic acids is 1. The Morgan fingerprint density at radius 3 is 1.77 bits per heavy atom. The first-order chi connectivity index (χ1) is 18.5. The van der Waals surface area contributed by atoms with E-state index in [-0.39, 0.29) is 5.60 Å². The number of aryl methyl sites for hydroxylation is 2. The Hall–Kier alpha value is -3.31. The van der Waals surface area contributed by atoms with E-state index in [1.54, 1.807) is 6.08 Å². The summed E-state index contributed by atoms with van der Waals surface area (Å²) >= 11 is 14.0. The Balaban J connectivity index is 1.72. The van der Waals surface area contributed by atoms with Crippen LogP contribution < -0.4 is 0 Å². The van der Waals surface area contributed by atoms with Crippen molar-refractivity contribution in [2.45, 2.75) is 53.8 Å². The second-order valence-corrected chi connectivity index (χ2v) is 11.1. The fourth-order valence-electron chi connectivity index (χ4n) is 4.37. The summed E-state index contributed by atoms with van der Waals surface area (Å²) in [4.78, 5) is 21.0. The summed E-state index contributed by atoms with van der Waals surface area (Å²) in [6.45, 7) is 12.3. The number of nitrogens with zero attached hydrogens (tertiary/aromatic N) is 2. The molecule has 4 rings (SSSR count). The van der Waals surface area contributed by atoms with Gasteiger partial charge in [0.15, 0.2) is 0 Å². The molecule has 0 N–H and O–H groups in total. The van der Waals surface area contributed by atoms with Crippen LogP contribution in [-0.2, 0) is 16.1 Å². The zero-order chi connectivity index (χ0) is 28.3. The molecule has 0 atom stereocenters. The highest BCUT2D eigenvalue weighted by atomic mass is 35.5. The van der Waals surface area contributed by atoms with Gasteiger partial charge in [-0.3, -0.25) is 14.8 Å². The first-order valence-corrected chi connectivity index (χ1v) is 13.6. The van der Waals surface area contributed by atoms with Gasteiger partial charge >= 0.3 is 0 Å². The van der Waals surface area contributed by atoms with Gasteiger partial charge in [-0.2, -0.15) is 0 Å². The van der Waals surface area contributed by atoms with Crippen molar-refractivity contribution in [1.29, 1.82) is 0 Å². The molecule has 0 aliphatic rings. The molecule has 0 fully saturated rings. The highest BCUT2D eigenvalue weighted by Gasteiger charge is 2.18. The molecule has 0 amide bonds. The van der Waals surface area contributed by atoms with Gasteiger partial charge < -0.3 is 4.74 Å². The summed E-state index contributed by atoms with van der Waals surface area (Å²) in [7, 11) is 0. The predicted molar refractivity (Wildman–Crippen MR) is 162 cm³/mol. The van der Waals surface area contributed by atoms with Gasteiger partial charge in [-0.1, -0.05) is 77.8 Å². The fraction of sp³-hybridized carbons (Fsp3) is 0.242. The third-order valence-corrected chi connectivity index (χ3v) is 7.34. The van der Waals surface area contributed by atoms with Gasteiger partial charge in [-0.25, -0.2) is 0 Å². The van der Waals surface area contributed by atoms with Crippen molar-refractivity contribution in [2.24, 2.45) is 0 Å². The number of hydrogen-bond acceptors (Lipinski definition) is 4. The summed E-state index contributed by atoms with van der Waals surface area (Å²) in [5.74, 6) is 0. The molecule has 6 heteroatoms. The Bertz CT molecular complexity index is 1570. The average Bonchev–Trinajstić information content (AvgIpc) is 2.89. The third kappa shape index (κ3) is 6.30. The maximum Gasteiger partial charge on any atom is 0.150 e. The summed E-state index contributed by atoms with van der Waals surface area (Å²) in [6, 6.07) is 19.5. The topological polar surface area (TPSA) is 52.1 Å². The zero-order valence-corrected chi connectivity index (χ0v) is 24.6. The number of aromatic nitrogens is 2. The van der Waals surface area contributed by atoms with Crippen molar-refractivity contribution in [2.75, 3.05) is 0 Å². The maximum atomic E-state index is 11.4. The molecule has 200 valence electrons. The molecule has 2 aromatic carbocycles. The summed E-state index contributed by atoms with van der Waals surface area (Å²) in [5.41, 5.74) is 8.62. The number of pyridine rings is 2. The quantitative estimate of drug-likeness (QED) is 0.167. The van der Waals surface area contributed by atoms with Crippen molar-refractivity contribution >= 4 is 35.1 Å². The largest absolute Gasteiger partial charge is 0.371 e. The van der Waals surface area contributed by atoms with E-state index in [0.717, 1.165) is 62.4 Å². The van der Waals surface area contributed by atoms with Crippen LogP contribution >= 0.6 is 23.2 Å². The van der Waals surface area contributed by atoms with E-state index < -0.39 is 0 Å². The summed E-state index contributed by atoms with van der Waals surface area (Å²) < 4.78 is 5.94. The van der Waals surface area contributed by atoms with E-state index in [9.17, 15) is 4.79 Å². The van der Waals surface area contributed by atoms with Crippen molar-refractivity contribution in [3.63, 3.8) is 0 Å². The van der Waals surface area contributed by atoms with Gasteiger partial charge in [-0.05, 0) is 59.2 Å². The minimum Gasteiger partial charge on any atom is -0.371 e. The zero-order valence-electron chi connectivity index (χ0n) is 23.1. The molecular formula is C33H32Cl2N2O2. The summed E-state index contributed by atoms with van der Waals surface area (Å²) in [5, 5.41) is 1.13. The van der Waals surface area contributed by atoms with E-state index >= 15 is 0 Å². The number of carbonyl (C=O) groups is 1. The molecule has 0 aliphatic carbocycles. The number of benzene rings is 2. The third-order valence-electron chi connectivity index (χ3n) is 6.53. The molecule has 4 aromatic rings. The maximum absolute atomic E-state index is 11.4. The van der Waals surface area contributed by atoms with Crippen molar-refractivity contribution in [1.82, 2.24) is 9.97 Å². The Morgan fingerprint density at radius 1 is 0.795 bits per heavy atom. The SMILES string of the molecule is C/C=C(/C=O)c1ccc(-c2cccc(-c3cccc(-c4ccc(COC(C)(C)C)c(C)n4)c3Cl)c2Cl)nc1C. The number of hydrogen-bond donors (Lipinski definition) is 0. The van der Waals surface area contributed by atoms with E-state index in [1.807, 2.05) is 102 Å². The molecular weight excluding hydrogens is 527 g/mol. The van der Waals surface area contributed by atoms with Crippen LogP contribution in [0.2, 0.25) is 10.0 Å². The second kappa shape index (κ2) is 11.8. The molecule has 39 heavy (non-hydrogen) atoms.